The number of nitrogens with one attached hydrogen (secondary N) is 1. The molecule has 0 spiro atoms. The van der Waals surface area contributed by atoms with Crippen molar-refractivity contribution < 1.29 is 4.79 Å². The van der Waals surface area contributed by atoms with Gasteiger partial charge in [-0.15, -0.1) is 0 Å². The SMILES string of the molecule is CC(C)N(C)CCCCNC(=O)c1cc(Cl)nc(Cl)c1. The number of pyridine rings is 1. The lowest BCUT2D eigenvalue weighted by molar-refractivity contribution is 0.0952. The van der Waals surface area contributed by atoms with Crippen LogP contribution in [0.25, 0.3) is 0 Å². The molecule has 0 bridgehead atoms. The van der Waals surface area contributed by atoms with Gasteiger partial charge in [-0.05, 0) is 52.4 Å². The molecule has 0 unspecified atom stereocenters. The van der Waals surface area contributed by atoms with E-state index in [1.165, 1.54) is 12.1 Å². The largest absolute Gasteiger partial charge is 0.352 e. The van der Waals surface area contributed by atoms with Crippen LogP contribution in [0.1, 0.15) is 37.0 Å². The topological polar surface area (TPSA) is 45.2 Å². The zero-order valence-electron chi connectivity index (χ0n) is 12.1. The average Bonchev–Trinajstić information content (AvgIpc) is 2.36. The van der Waals surface area contributed by atoms with E-state index in [9.17, 15) is 4.79 Å². The smallest absolute Gasteiger partial charge is 0.251 e. The maximum Gasteiger partial charge on any atom is 0.251 e. The van der Waals surface area contributed by atoms with Crippen molar-refractivity contribution in [2.45, 2.75) is 32.7 Å². The molecule has 1 aromatic heterocycles. The summed E-state index contributed by atoms with van der Waals surface area (Å²) < 4.78 is 0. The number of nitrogens with zero attached hydrogens (tertiary/aromatic N) is 2. The summed E-state index contributed by atoms with van der Waals surface area (Å²) in [5, 5.41) is 3.30. The maximum atomic E-state index is 11.9. The van der Waals surface area contributed by atoms with Crippen LogP contribution >= 0.6 is 23.2 Å². The van der Waals surface area contributed by atoms with E-state index in [2.05, 4.69) is 36.1 Å². The number of carbonyl (C=O) groups is 1. The van der Waals surface area contributed by atoms with Gasteiger partial charge in [-0.2, -0.15) is 0 Å². The standard InChI is InChI=1S/C14H21Cl2N3O/c1-10(2)19(3)7-5-4-6-17-14(20)11-8-12(15)18-13(16)9-11/h8-10H,4-7H2,1-3H3,(H,17,20). The number of aromatic nitrogens is 1. The Morgan fingerprint density at radius 2 is 1.90 bits per heavy atom. The van der Waals surface area contributed by atoms with Crippen LogP contribution in [-0.4, -0.2) is 42.0 Å². The summed E-state index contributed by atoms with van der Waals surface area (Å²) in [6, 6.07) is 3.57. The first-order valence-electron chi connectivity index (χ1n) is 6.71. The lowest BCUT2D eigenvalue weighted by Gasteiger charge is -2.20. The van der Waals surface area contributed by atoms with Crippen molar-refractivity contribution >= 4 is 29.1 Å². The third-order valence-corrected chi connectivity index (χ3v) is 3.52. The molecule has 6 heteroatoms. The van der Waals surface area contributed by atoms with E-state index < -0.39 is 0 Å². The lowest BCUT2D eigenvalue weighted by atomic mass is 10.2. The molecule has 0 radical (unpaired) electrons. The Labute approximate surface area is 130 Å². The summed E-state index contributed by atoms with van der Waals surface area (Å²) in [5.41, 5.74) is 0.439. The second-order valence-electron chi connectivity index (χ2n) is 5.04. The Hall–Kier alpha value is -0.840. The molecular weight excluding hydrogens is 297 g/mol. The molecule has 0 aliphatic carbocycles. The van der Waals surface area contributed by atoms with Gasteiger partial charge < -0.3 is 10.2 Å². The van der Waals surface area contributed by atoms with E-state index in [0.29, 0.717) is 18.2 Å². The number of rotatable bonds is 7. The van der Waals surface area contributed by atoms with Crippen LogP contribution in [0.15, 0.2) is 12.1 Å². The summed E-state index contributed by atoms with van der Waals surface area (Å²) in [7, 11) is 2.10. The Morgan fingerprint density at radius 3 is 2.45 bits per heavy atom. The molecule has 20 heavy (non-hydrogen) atoms. The molecule has 0 saturated heterocycles. The van der Waals surface area contributed by atoms with E-state index in [-0.39, 0.29) is 16.2 Å². The Kier molecular flexibility index (Phi) is 7.27. The number of amides is 1. The van der Waals surface area contributed by atoms with Crippen LogP contribution in [-0.2, 0) is 0 Å². The van der Waals surface area contributed by atoms with Gasteiger partial charge in [-0.3, -0.25) is 4.79 Å². The minimum absolute atomic E-state index is 0.173. The predicted octanol–water partition coefficient (Wildman–Crippen LogP) is 3.24. The molecule has 112 valence electrons. The second kappa shape index (κ2) is 8.45. The molecule has 0 aliphatic rings. The van der Waals surface area contributed by atoms with Gasteiger partial charge in [0, 0.05) is 18.2 Å². The van der Waals surface area contributed by atoms with Crippen molar-refractivity contribution in [3.05, 3.63) is 28.0 Å². The highest BCUT2D eigenvalue weighted by Crippen LogP contribution is 2.14. The van der Waals surface area contributed by atoms with Crippen molar-refractivity contribution in [1.29, 1.82) is 0 Å². The molecule has 1 N–H and O–H groups in total. The van der Waals surface area contributed by atoms with Crippen molar-refractivity contribution in [3.8, 4) is 0 Å². The van der Waals surface area contributed by atoms with Crippen LogP contribution in [0.3, 0.4) is 0 Å². The fourth-order valence-electron chi connectivity index (χ4n) is 1.64. The van der Waals surface area contributed by atoms with Crippen molar-refractivity contribution in [2.75, 3.05) is 20.1 Å². The van der Waals surface area contributed by atoms with Crippen LogP contribution in [0, 0.1) is 0 Å². The quantitative estimate of drug-likeness (QED) is 0.620. The minimum atomic E-state index is -0.173. The molecule has 1 heterocycles. The summed E-state index contributed by atoms with van der Waals surface area (Å²) >= 11 is 11.5. The zero-order valence-corrected chi connectivity index (χ0v) is 13.6. The molecule has 0 fully saturated rings. The molecule has 1 amide bonds. The van der Waals surface area contributed by atoms with Gasteiger partial charge in [-0.25, -0.2) is 4.98 Å². The van der Waals surface area contributed by atoms with E-state index in [0.717, 1.165) is 19.4 Å². The van der Waals surface area contributed by atoms with Gasteiger partial charge in [0.05, 0.1) is 0 Å². The van der Waals surface area contributed by atoms with Gasteiger partial charge in [0.25, 0.3) is 5.91 Å². The van der Waals surface area contributed by atoms with Gasteiger partial charge >= 0.3 is 0 Å². The van der Waals surface area contributed by atoms with Crippen LogP contribution < -0.4 is 5.32 Å². The van der Waals surface area contributed by atoms with Crippen LogP contribution in [0.5, 0.6) is 0 Å². The monoisotopic (exact) mass is 317 g/mol. The van der Waals surface area contributed by atoms with E-state index in [1.807, 2.05) is 0 Å². The van der Waals surface area contributed by atoms with Gasteiger partial charge in [0.15, 0.2) is 0 Å². The first-order valence-corrected chi connectivity index (χ1v) is 7.47. The Bertz CT molecular complexity index is 432. The van der Waals surface area contributed by atoms with E-state index in [1.54, 1.807) is 0 Å². The molecule has 1 aromatic rings. The maximum absolute atomic E-state index is 11.9. The number of hydrogen-bond donors (Lipinski definition) is 1. The first kappa shape index (κ1) is 17.2. The average molecular weight is 318 g/mol. The number of hydrogen-bond acceptors (Lipinski definition) is 3. The predicted molar refractivity (Wildman–Crippen MR) is 83.6 cm³/mol. The number of halogens is 2. The highest BCUT2D eigenvalue weighted by Gasteiger charge is 2.08. The molecule has 0 atom stereocenters. The first-order chi connectivity index (χ1) is 9.40. The fourth-order valence-corrected chi connectivity index (χ4v) is 2.10. The minimum Gasteiger partial charge on any atom is -0.352 e. The summed E-state index contributed by atoms with van der Waals surface area (Å²) in [6.07, 6.45) is 1.99. The molecule has 1 rings (SSSR count). The molecule has 0 saturated carbocycles. The van der Waals surface area contributed by atoms with Gasteiger partial charge in [0.1, 0.15) is 10.3 Å². The molecule has 4 nitrogen and oxygen atoms in total. The zero-order chi connectivity index (χ0) is 15.1. The highest BCUT2D eigenvalue weighted by molar-refractivity contribution is 6.33. The van der Waals surface area contributed by atoms with E-state index in [4.69, 9.17) is 23.2 Å². The van der Waals surface area contributed by atoms with Crippen LogP contribution in [0.4, 0.5) is 0 Å². The molecule has 0 aromatic carbocycles. The lowest BCUT2D eigenvalue weighted by Crippen LogP contribution is -2.29. The molecule has 0 aliphatic heterocycles. The second-order valence-corrected chi connectivity index (χ2v) is 5.81. The van der Waals surface area contributed by atoms with Gasteiger partial charge in [-0.1, -0.05) is 23.2 Å². The fraction of sp³-hybridized carbons (Fsp3) is 0.571. The Morgan fingerprint density at radius 1 is 1.30 bits per heavy atom. The highest BCUT2D eigenvalue weighted by atomic mass is 35.5. The summed E-state index contributed by atoms with van der Waals surface area (Å²) in [5.74, 6) is -0.173. The van der Waals surface area contributed by atoms with Crippen LogP contribution in [0.2, 0.25) is 10.3 Å². The third-order valence-electron chi connectivity index (χ3n) is 3.13. The summed E-state index contributed by atoms with van der Waals surface area (Å²) in [4.78, 5) is 18.0. The number of unbranched alkanes of at least 4 members (excludes halogenated alkanes) is 1. The number of carbonyl (C=O) groups excluding carboxylic acids is 1. The third kappa shape index (κ3) is 6.07. The van der Waals surface area contributed by atoms with Crippen molar-refractivity contribution in [3.63, 3.8) is 0 Å². The van der Waals surface area contributed by atoms with Gasteiger partial charge in [0.2, 0.25) is 0 Å². The Balaban J connectivity index is 2.30. The van der Waals surface area contributed by atoms with Crippen molar-refractivity contribution in [1.82, 2.24) is 15.2 Å². The summed E-state index contributed by atoms with van der Waals surface area (Å²) in [6.45, 7) is 6.00. The van der Waals surface area contributed by atoms with Crippen molar-refractivity contribution in [2.24, 2.45) is 0 Å². The molecular formula is C14H21Cl2N3O. The normalized spacial score (nSPS) is 11.2. The van der Waals surface area contributed by atoms with E-state index >= 15 is 0 Å².